The van der Waals surface area contributed by atoms with Crippen LogP contribution in [-0.4, -0.2) is 18.2 Å². The number of ether oxygens (including phenoxy) is 1. The van der Waals surface area contributed by atoms with E-state index < -0.39 is 0 Å². The summed E-state index contributed by atoms with van der Waals surface area (Å²) >= 11 is 0. The van der Waals surface area contributed by atoms with Crippen molar-refractivity contribution in [2.75, 3.05) is 6.61 Å². The summed E-state index contributed by atoms with van der Waals surface area (Å²) in [4.78, 5) is 11.9. The number of hydrogen-bond acceptors (Lipinski definition) is 3. The molecule has 1 saturated carbocycles. The molecule has 1 amide bonds. The fourth-order valence-electron chi connectivity index (χ4n) is 2.83. The summed E-state index contributed by atoms with van der Waals surface area (Å²) in [6.45, 7) is -0.0187. The largest absolute Gasteiger partial charge is 0.484 e. The van der Waals surface area contributed by atoms with Crippen LogP contribution in [0.5, 0.6) is 5.75 Å². The second kappa shape index (κ2) is 7.77. The molecule has 0 atom stereocenters. The van der Waals surface area contributed by atoms with Crippen molar-refractivity contribution in [3.05, 3.63) is 42.5 Å². The zero-order valence-electron chi connectivity index (χ0n) is 13.3. The Morgan fingerprint density at radius 1 is 1.00 bits per heavy atom. The molecule has 0 radical (unpaired) electrons. The topological polar surface area (TPSA) is 50.7 Å². The van der Waals surface area contributed by atoms with E-state index in [-0.39, 0.29) is 12.5 Å². The highest BCUT2D eigenvalue weighted by atomic mass is 16.5. The molecule has 1 aliphatic rings. The number of carbonyl (C=O) groups excluding carboxylic acids is 1. The summed E-state index contributed by atoms with van der Waals surface area (Å²) in [7, 11) is 0. The van der Waals surface area contributed by atoms with Crippen LogP contribution in [0.4, 0.5) is 0 Å². The number of amides is 1. The number of benzene rings is 2. The lowest BCUT2D eigenvalue weighted by molar-refractivity contribution is -0.123. The van der Waals surface area contributed by atoms with Crippen LogP contribution in [0.3, 0.4) is 0 Å². The molecule has 1 N–H and O–H groups in total. The average molecular weight is 310 g/mol. The highest BCUT2D eigenvalue weighted by molar-refractivity contribution is 5.87. The number of hydrazone groups is 1. The van der Waals surface area contributed by atoms with E-state index in [2.05, 4.69) is 16.6 Å². The van der Waals surface area contributed by atoms with Crippen LogP contribution in [0.15, 0.2) is 47.6 Å². The average Bonchev–Trinajstić information content (AvgIpc) is 2.87. The second-order valence-electron chi connectivity index (χ2n) is 5.92. The lowest BCUT2D eigenvalue weighted by Gasteiger charge is -2.07. The molecule has 0 unspecified atom stereocenters. The first-order chi connectivity index (χ1) is 11.3. The van der Waals surface area contributed by atoms with Crippen LogP contribution >= 0.6 is 0 Å². The van der Waals surface area contributed by atoms with Gasteiger partial charge in [-0.15, -0.1) is 0 Å². The molecule has 4 nitrogen and oxygen atoms in total. The monoisotopic (exact) mass is 310 g/mol. The molecule has 0 aromatic heterocycles. The summed E-state index contributed by atoms with van der Waals surface area (Å²) in [5.74, 6) is 0.482. The second-order valence-corrected chi connectivity index (χ2v) is 5.92. The van der Waals surface area contributed by atoms with E-state index in [1.165, 1.54) is 25.7 Å². The van der Waals surface area contributed by atoms with Crippen LogP contribution in [0.1, 0.15) is 38.5 Å². The van der Waals surface area contributed by atoms with Crippen LogP contribution in [0.25, 0.3) is 10.8 Å². The van der Waals surface area contributed by atoms with Crippen LogP contribution < -0.4 is 10.2 Å². The molecule has 2 aromatic carbocycles. The van der Waals surface area contributed by atoms with Crippen LogP contribution in [-0.2, 0) is 4.79 Å². The van der Waals surface area contributed by atoms with Gasteiger partial charge in [-0.25, -0.2) is 5.43 Å². The molecule has 120 valence electrons. The summed E-state index contributed by atoms with van der Waals surface area (Å²) in [6, 6.07) is 13.9. The lowest BCUT2D eigenvalue weighted by Crippen LogP contribution is -2.25. The first-order valence-electron chi connectivity index (χ1n) is 8.27. The van der Waals surface area contributed by atoms with Gasteiger partial charge in [0, 0.05) is 5.71 Å². The fraction of sp³-hybridized carbons (Fsp3) is 0.368. The Morgan fingerprint density at radius 2 is 1.74 bits per heavy atom. The molecular weight excluding hydrogens is 288 g/mol. The first kappa shape index (κ1) is 15.5. The molecule has 0 saturated heterocycles. The van der Waals surface area contributed by atoms with Gasteiger partial charge in [-0.3, -0.25) is 4.79 Å². The highest BCUT2D eigenvalue weighted by Crippen LogP contribution is 2.20. The third kappa shape index (κ3) is 4.55. The maximum absolute atomic E-state index is 11.9. The third-order valence-electron chi connectivity index (χ3n) is 4.11. The fourth-order valence-corrected chi connectivity index (χ4v) is 2.83. The molecule has 0 bridgehead atoms. The Bertz CT molecular complexity index is 699. The summed E-state index contributed by atoms with van der Waals surface area (Å²) in [5.41, 5.74) is 3.71. The maximum atomic E-state index is 11.9. The minimum atomic E-state index is -0.213. The van der Waals surface area contributed by atoms with Crippen LogP contribution in [0, 0.1) is 0 Å². The summed E-state index contributed by atoms with van der Waals surface area (Å²) in [5, 5.41) is 6.50. The van der Waals surface area contributed by atoms with E-state index in [1.807, 2.05) is 36.4 Å². The van der Waals surface area contributed by atoms with Crippen molar-refractivity contribution in [2.24, 2.45) is 5.10 Å². The smallest absolute Gasteiger partial charge is 0.277 e. The van der Waals surface area contributed by atoms with E-state index in [4.69, 9.17) is 4.74 Å². The van der Waals surface area contributed by atoms with Gasteiger partial charge in [0.05, 0.1) is 0 Å². The van der Waals surface area contributed by atoms with Gasteiger partial charge < -0.3 is 4.74 Å². The van der Waals surface area contributed by atoms with Crippen molar-refractivity contribution in [2.45, 2.75) is 38.5 Å². The van der Waals surface area contributed by atoms with Crippen molar-refractivity contribution in [1.82, 2.24) is 5.43 Å². The molecule has 23 heavy (non-hydrogen) atoms. The molecule has 0 aliphatic heterocycles. The van der Waals surface area contributed by atoms with Gasteiger partial charge in [0.2, 0.25) is 0 Å². The Kier molecular flexibility index (Phi) is 5.25. The van der Waals surface area contributed by atoms with Crippen molar-refractivity contribution < 1.29 is 9.53 Å². The zero-order chi connectivity index (χ0) is 15.9. The van der Waals surface area contributed by atoms with E-state index in [1.54, 1.807) is 0 Å². The number of rotatable bonds is 4. The van der Waals surface area contributed by atoms with Crippen molar-refractivity contribution in [3.8, 4) is 5.75 Å². The van der Waals surface area contributed by atoms with Gasteiger partial charge >= 0.3 is 0 Å². The number of hydrogen-bond donors (Lipinski definition) is 1. The lowest BCUT2D eigenvalue weighted by atomic mass is 10.1. The number of fused-ring (bicyclic) bond motifs is 1. The Hall–Kier alpha value is -2.36. The molecule has 2 aromatic rings. The molecule has 1 fully saturated rings. The third-order valence-corrected chi connectivity index (χ3v) is 4.11. The normalized spacial score (nSPS) is 15.0. The van der Waals surface area contributed by atoms with Gasteiger partial charge in [-0.1, -0.05) is 43.2 Å². The standard InChI is InChI=1S/C19H22N2O2/c22-19(21-20-17-9-3-1-2-4-10-17)14-23-18-12-11-15-7-5-6-8-16(15)13-18/h5-8,11-13H,1-4,9-10,14H2,(H,21,22). The molecule has 3 rings (SSSR count). The van der Waals surface area contributed by atoms with Crippen molar-refractivity contribution >= 4 is 22.4 Å². The Labute approximate surface area is 136 Å². The van der Waals surface area contributed by atoms with Gasteiger partial charge in [-0.05, 0) is 48.6 Å². The van der Waals surface area contributed by atoms with Gasteiger partial charge in [0.15, 0.2) is 6.61 Å². The van der Waals surface area contributed by atoms with Gasteiger partial charge in [0.1, 0.15) is 5.75 Å². The molecule has 4 heteroatoms. The Morgan fingerprint density at radius 3 is 2.52 bits per heavy atom. The van der Waals surface area contributed by atoms with E-state index in [9.17, 15) is 4.79 Å². The minimum Gasteiger partial charge on any atom is -0.484 e. The van der Waals surface area contributed by atoms with Crippen LogP contribution in [0.2, 0.25) is 0 Å². The molecule has 0 spiro atoms. The van der Waals surface area contributed by atoms with Crippen molar-refractivity contribution in [3.63, 3.8) is 0 Å². The number of carbonyl (C=O) groups is 1. The molecule has 0 heterocycles. The maximum Gasteiger partial charge on any atom is 0.277 e. The van der Waals surface area contributed by atoms with Gasteiger partial charge in [0.25, 0.3) is 5.91 Å². The molecule has 1 aliphatic carbocycles. The van der Waals surface area contributed by atoms with E-state index in [0.29, 0.717) is 5.75 Å². The summed E-state index contributed by atoms with van der Waals surface area (Å²) < 4.78 is 5.56. The predicted molar refractivity (Wildman–Crippen MR) is 92.7 cm³/mol. The number of nitrogens with one attached hydrogen (secondary N) is 1. The Balaban J connectivity index is 1.52. The van der Waals surface area contributed by atoms with E-state index >= 15 is 0 Å². The quantitative estimate of drug-likeness (QED) is 0.684. The highest BCUT2D eigenvalue weighted by Gasteiger charge is 2.07. The first-order valence-corrected chi connectivity index (χ1v) is 8.27. The zero-order valence-corrected chi connectivity index (χ0v) is 13.3. The minimum absolute atomic E-state index is 0.0187. The van der Waals surface area contributed by atoms with Gasteiger partial charge in [-0.2, -0.15) is 5.10 Å². The van der Waals surface area contributed by atoms with E-state index in [0.717, 1.165) is 29.3 Å². The van der Waals surface area contributed by atoms with Crippen molar-refractivity contribution in [1.29, 1.82) is 0 Å². The summed E-state index contributed by atoms with van der Waals surface area (Å²) in [6.07, 6.45) is 6.85. The number of nitrogens with zero attached hydrogens (tertiary/aromatic N) is 1. The molecular formula is C19H22N2O2. The predicted octanol–water partition coefficient (Wildman–Crippen LogP) is 4.05. The SMILES string of the molecule is O=C(COc1ccc2ccccc2c1)NN=C1CCCCCC1.